The molecule has 1 amide bonds. The Labute approximate surface area is 168 Å². The van der Waals surface area contributed by atoms with Crippen molar-refractivity contribution in [2.75, 3.05) is 5.73 Å². The molecular formula is C22H22FN5O. The minimum atomic E-state index is -0.705. The molecule has 0 aliphatic rings. The van der Waals surface area contributed by atoms with E-state index in [1.165, 1.54) is 12.3 Å². The van der Waals surface area contributed by atoms with Gasteiger partial charge in [0.25, 0.3) is 5.91 Å². The van der Waals surface area contributed by atoms with Crippen LogP contribution in [0.4, 0.5) is 10.2 Å². The number of nitrogens with two attached hydrogens (primary N) is 2. The van der Waals surface area contributed by atoms with Crippen LogP contribution >= 0.6 is 0 Å². The number of rotatable bonds is 8. The van der Waals surface area contributed by atoms with Crippen molar-refractivity contribution in [3.8, 4) is 0 Å². The van der Waals surface area contributed by atoms with Crippen molar-refractivity contribution in [2.45, 2.75) is 19.5 Å². The standard InChI is InChI=1S/C22H22FN5O/c1-2-14-6-7-17(19(23)10-14)12-26-11-16-5-3-4-15(8-16)9-18-13-27-21(24)20(28-18)22(25)29/h2-8,10,13,26H,1,9,11-12H2,(H2,24,27)(H2,25,29). The van der Waals surface area contributed by atoms with Gasteiger partial charge in [-0.1, -0.05) is 49.1 Å². The first-order chi connectivity index (χ1) is 14.0. The first-order valence-corrected chi connectivity index (χ1v) is 9.07. The van der Waals surface area contributed by atoms with Crippen LogP contribution in [0, 0.1) is 5.82 Å². The lowest BCUT2D eigenvalue weighted by Gasteiger charge is -2.09. The quantitative estimate of drug-likeness (QED) is 0.547. The van der Waals surface area contributed by atoms with Gasteiger partial charge in [-0.3, -0.25) is 4.79 Å². The normalized spacial score (nSPS) is 10.7. The van der Waals surface area contributed by atoms with E-state index in [1.54, 1.807) is 12.1 Å². The topological polar surface area (TPSA) is 107 Å². The molecule has 0 atom stereocenters. The summed E-state index contributed by atoms with van der Waals surface area (Å²) in [6, 6.07) is 13.0. The van der Waals surface area contributed by atoms with Crippen LogP contribution in [-0.4, -0.2) is 15.9 Å². The zero-order valence-electron chi connectivity index (χ0n) is 15.9. The lowest BCUT2D eigenvalue weighted by atomic mass is 10.1. The number of carbonyl (C=O) groups is 1. The minimum absolute atomic E-state index is 0.0209. The zero-order chi connectivity index (χ0) is 20.8. The van der Waals surface area contributed by atoms with Crippen LogP contribution in [0.5, 0.6) is 0 Å². The number of aromatic nitrogens is 2. The van der Waals surface area contributed by atoms with Gasteiger partial charge in [-0.2, -0.15) is 0 Å². The molecule has 0 aliphatic heterocycles. The van der Waals surface area contributed by atoms with Crippen molar-refractivity contribution >= 4 is 17.8 Å². The molecule has 5 N–H and O–H groups in total. The molecule has 148 valence electrons. The zero-order valence-corrected chi connectivity index (χ0v) is 15.9. The summed E-state index contributed by atoms with van der Waals surface area (Å²) >= 11 is 0. The molecule has 1 heterocycles. The molecule has 2 aromatic carbocycles. The highest BCUT2D eigenvalue weighted by atomic mass is 19.1. The predicted octanol–water partition coefficient (Wildman–Crippen LogP) is 2.82. The van der Waals surface area contributed by atoms with Gasteiger partial charge in [0.15, 0.2) is 11.5 Å². The Kier molecular flexibility index (Phi) is 6.31. The molecule has 0 spiro atoms. The number of hydrogen-bond donors (Lipinski definition) is 3. The highest BCUT2D eigenvalue weighted by molar-refractivity contribution is 5.94. The molecule has 3 aromatic rings. The fourth-order valence-corrected chi connectivity index (χ4v) is 2.94. The SMILES string of the molecule is C=Cc1ccc(CNCc2cccc(Cc3cnc(N)c(C(N)=O)n3)c2)c(F)c1. The summed E-state index contributed by atoms with van der Waals surface area (Å²) in [5.74, 6) is -0.938. The van der Waals surface area contributed by atoms with Gasteiger partial charge >= 0.3 is 0 Å². The second-order valence-electron chi connectivity index (χ2n) is 6.61. The maximum absolute atomic E-state index is 14.0. The Balaban J connectivity index is 1.63. The average Bonchev–Trinajstić information content (AvgIpc) is 2.70. The number of benzene rings is 2. The third-order valence-corrected chi connectivity index (χ3v) is 4.42. The average molecular weight is 391 g/mol. The van der Waals surface area contributed by atoms with Gasteiger partial charge < -0.3 is 16.8 Å². The van der Waals surface area contributed by atoms with Gasteiger partial charge in [-0.25, -0.2) is 14.4 Å². The molecule has 0 saturated heterocycles. The number of amides is 1. The first kappa shape index (κ1) is 20.2. The number of nitrogen functional groups attached to an aromatic ring is 1. The lowest BCUT2D eigenvalue weighted by molar-refractivity contribution is 0.0996. The van der Waals surface area contributed by atoms with Crippen molar-refractivity contribution in [1.29, 1.82) is 0 Å². The summed E-state index contributed by atoms with van der Waals surface area (Å²) in [7, 11) is 0. The molecular weight excluding hydrogens is 369 g/mol. The van der Waals surface area contributed by atoms with E-state index in [4.69, 9.17) is 11.5 Å². The molecule has 3 rings (SSSR count). The molecule has 0 fully saturated rings. The Hall–Kier alpha value is -3.58. The number of halogens is 1. The molecule has 29 heavy (non-hydrogen) atoms. The smallest absolute Gasteiger partial charge is 0.271 e. The summed E-state index contributed by atoms with van der Waals surface area (Å²) in [4.78, 5) is 19.6. The van der Waals surface area contributed by atoms with Crippen LogP contribution in [0.1, 0.15) is 38.4 Å². The highest BCUT2D eigenvalue weighted by Gasteiger charge is 2.11. The van der Waals surface area contributed by atoms with Gasteiger partial charge in [0, 0.05) is 25.1 Å². The fourth-order valence-electron chi connectivity index (χ4n) is 2.94. The molecule has 0 unspecified atom stereocenters. The Morgan fingerprint density at radius 1 is 1.17 bits per heavy atom. The van der Waals surface area contributed by atoms with E-state index in [-0.39, 0.29) is 17.3 Å². The van der Waals surface area contributed by atoms with E-state index < -0.39 is 5.91 Å². The largest absolute Gasteiger partial charge is 0.382 e. The lowest BCUT2D eigenvalue weighted by Crippen LogP contribution is -2.17. The summed E-state index contributed by atoms with van der Waals surface area (Å²) in [6.07, 6.45) is 3.63. The molecule has 6 nitrogen and oxygen atoms in total. The van der Waals surface area contributed by atoms with Crippen LogP contribution in [-0.2, 0) is 19.5 Å². The molecule has 7 heteroatoms. The van der Waals surface area contributed by atoms with Gasteiger partial charge in [-0.15, -0.1) is 0 Å². The second kappa shape index (κ2) is 9.07. The number of hydrogen-bond acceptors (Lipinski definition) is 5. The van der Waals surface area contributed by atoms with E-state index in [0.717, 1.165) is 16.7 Å². The number of nitrogens with zero attached hydrogens (tertiary/aromatic N) is 2. The van der Waals surface area contributed by atoms with Gasteiger partial charge in [0.2, 0.25) is 0 Å². The molecule has 0 saturated carbocycles. The van der Waals surface area contributed by atoms with Crippen molar-refractivity contribution in [2.24, 2.45) is 5.73 Å². The number of carbonyl (C=O) groups excluding carboxylic acids is 1. The fraction of sp³-hybridized carbons (Fsp3) is 0.136. The predicted molar refractivity (Wildman–Crippen MR) is 111 cm³/mol. The number of primary amides is 1. The summed E-state index contributed by atoms with van der Waals surface area (Å²) in [5.41, 5.74) is 14.9. The van der Waals surface area contributed by atoms with E-state index >= 15 is 0 Å². The molecule has 1 aromatic heterocycles. The maximum atomic E-state index is 14.0. The van der Waals surface area contributed by atoms with E-state index in [1.807, 2.05) is 30.3 Å². The molecule has 0 bridgehead atoms. The van der Waals surface area contributed by atoms with Crippen LogP contribution in [0.15, 0.2) is 55.2 Å². The number of nitrogens with one attached hydrogen (secondary N) is 1. The van der Waals surface area contributed by atoms with Crippen molar-refractivity contribution in [3.63, 3.8) is 0 Å². The third-order valence-electron chi connectivity index (χ3n) is 4.42. The minimum Gasteiger partial charge on any atom is -0.382 e. The summed E-state index contributed by atoms with van der Waals surface area (Å²) < 4.78 is 14.0. The monoisotopic (exact) mass is 391 g/mol. The van der Waals surface area contributed by atoms with Crippen LogP contribution < -0.4 is 16.8 Å². The molecule has 0 radical (unpaired) electrons. The Bertz CT molecular complexity index is 1050. The van der Waals surface area contributed by atoms with Gasteiger partial charge in [0.1, 0.15) is 5.82 Å². The second-order valence-corrected chi connectivity index (χ2v) is 6.61. The summed E-state index contributed by atoms with van der Waals surface area (Å²) in [6.45, 7) is 4.63. The van der Waals surface area contributed by atoms with Crippen molar-refractivity contribution < 1.29 is 9.18 Å². The number of anilines is 1. The van der Waals surface area contributed by atoms with E-state index in [0.29, 0.717) is 30.8 Å². The van der Waals surface area contributed by atoms with Crippen molar-refractivity contribution in [1.82, 2.24) is 15.3 Å². The van der Waals surface area contributed by atoms with E-state index in [9.17, 15) is 9.18 Å². The third kappa shape index (κ3) is 5.24. The molecule has 0 aliphatic carbocycles. The first-order valence-electron chi connectivity index (χ1n) is 9.07. The van der Waals surface area contributed by atoms with Crippen LogP contribution in [0.25, 0.3) is 6.08 Å². The summed E-state index contributed by atoms with van der Waals surface area (Å²) in [5, 5.41) is 3.25. The Morgan fingerprint density at radius 3 is 2.69 bits per heavy atom. The maximum Gasteiger partial charge on any atom is 0.271 e. The van der Waals surface area contributed by atoms with Crippen LogP contribution in [0.2, 0.25) is 0 Å². The Morgan fingerprint density at radius 2 is 1.97 bits per heavy atom. The van der Waals surface area contributed by atoms with Crippen molar-refractivity contribution in [3.05, 3.63) is 94.7 Å². The highest BCUT2D eigenvalue weighted by Crippen LogP contribution is 2.14. The van der Waals surface area contributed by atoms with E-state index in [2.05, 4.69) is 21.9 Å². The van der Waals surface area contributed by atoms with Gasteiger partial charge in [0.05, 0.1) is 11.9 Å². The van der Waals surface area contributed by atoms with Gasteiger partial charge in [-0.05, 0) is 22.8 Å². The van der Waals surface area contributed by atoms with Crippen LogP contribution in [0.3, 0.4) is 0 Å².